The number of hydrogen-bond acceptors (Lipinski definition) is 2. The van der Waals surface area contributed by atoms with Gasteiger partial charge in [-0.1, -0.05) is 51.8 Å². The molecule has 1 aliphatic carbocycles. The number of alkyl halides is 1. The van der Waals surface area contributed by atoms with E-state index < -0.39 is 0 Å². The summed E-state index contributed by atoms with van der Waals surface area (Å²) in [5, 5.41) is 11.7. The molecule has 5 heteroatoms. The molecule has 3 nitrogen and oxygen atoms in total. The van der Waals surface area contributed by atoms with Crippen molar-refractivity contribution in [1.82, 2.24) is 0 Å². The molecule has 1 aliphatic rings. The summed E-state index contributed by atoms with van der Waals surface area (Å²) >= 11 is 9.74. The van der Waals surface area contributed by atoms with Crippen LogP contribution in [-0.2, 0) is 12.8 Å². The van der Waals surface area contributed by atoms with Gasteiger partial charge in [-0.15, -0.1) is 0 Å². The Morgan fingerprint density at radius 2 is 2.05 bits per heavy atom. The maximum absolute atomic E-state index is 11.2. The molecule has 0 fully saturated rings. The summed E-state index contributed by atoms with van der Waals surface area (Å²) in [5.74, 6) is 0.305. The summed E-state index contributed by atoms with van der Waals surface area (Å²) in [6.45, 7) is 0. The van der Waals surface area contributed by atoms with E-state index in [9.17, 15) is 10.1 Å². The van der Waals surface area contributed by atoms with E-state index in [0.717, 1.165) is 6.42 Å². The highest BCUT2D eigenvalue weighted by atomic mass is 79.9. The number of halogens is 2. The van der Waals surface area contributed by atoms with E-state index in [1.165, 1.54) is 17.2 Å². The highest BCUT2D eigenvalue weighted by Crippen LogP contribution is 2.44. The standard InChI is InChI=1S/C16H13BrClNO2/c17-16-12(7-10-3-1-2-4-14(10)16)8-11-9-13(18)5-6-15(11)19(20)21/h1-6,9,12,16H,7-8H2. The van der Waals surface area contributed by atoms with E-state index in [1.807, 2.05) is 12.1 Å². The minimum absolute atomic E-state index is 0.148. The Hall–Kier alpha value is -1.39. The van der Waals surface area contributed by atoms with Crippen molar-refractivity contribution in [3.63, 3.8) is 0 Å². The Morgan fingerprint density at radius 3 is 2.76 bits per heavy atom. The maximum atomic E-state index is 11.2. The molecule has 0 heterocycles. The van der Waals surface area contributed by atoms with Gasteiger partial charge in [0.25, 0.3) is 5.69 Å². The van der Waals surface area contributed by atoms with Gasteiger partial charge in [0.15, 0.2) is 0 Å². The summed E-state index contributed by atoms with van der Waals surface area (Å²) in [7, 11) is 0. The average Bonchev–Trinajstić information content (AvgIpc) is 2.76. The number of benzene rings is 2. The van der Waals surface area contributed by atoms with E-state index in [-0.39, 0.29) is 15.4 Å². The van der Waals surface area contributed by atoms with Gasteiger partial charge in [0.2, 0.25) is 0 Å². The molecule has 2 aromatic rings. The molecule has 0 N–H and O–H groups in total. The van der Waals surface area contributed by atoms with Crippen molar-refractivity contribution in [3.05, 3.63) is 74.3 Å². The Morgan fingerprint density at radius 1 is 1.29 bits per heavy atom. The van der Waals surface area contributed by atoms with E-state index in [4.69, 9.17) is 11.6 Å². The van der Waals surface area contributed by atoms with Gasteiger partial charge < -0.3 is 0 Å². The molecule has 0 radical (unpaired) electrons. The molecule has 0 amide bonds. The van der Waals surface area contributed by atoms with Gasteiger partial charge in [-0.2, -0.15) is 0 Å². The van der Waals surface area contributed by atoms with E-state index >= 15 is 0 Å². The molecular formula is C16H13BrClNO2. The highest BCUT2D eigenvalue weighted by molar-refractivity contribution is 9.09. The van der Waals surface area contributed by atoms with E-state index in [0.29, 0.717) is 22.9 Å². The van der Waals surface area contributed by atoms with Crippen LogP contribution in [0.15, 0.2) is 42.5 Å². The lowest BCUT2D eigenvalue weighted by atomic mass is 9.95. The SMILES string of the molecule is O=[N+]([O-])c1ccc(Cl)cc1CC1Cc2ccccc2C1Br. The van der Waals surface area contributed by atoms with Crippen molar-refractivity contribution in [2.75, 3.05) is 0 Å². The molecule has 2 atom stereocenters. The number of fused-ring (bicyclic) bond motifs is 1. The Labute approximate surface area is 136 Å². The lowest BCUT2D eigenvalue weighted by Crippen LogP contribution is -2.08. The molecule has 0 saturated carbocycles. The van der Waals surface area contributed by atoms with Crippen molar-refractivity contribution in [1.29, 1.82) is 0 Å². The first-order chi connectivity index (χ1) is 10.1. The largest absolute Gasteiger partial charge is 0.272 e. The number of nitro benzene ring substituents is 1. The van der Waals surface area contributed by atoms with Crippen molar-refractivity contribution in [3.8, 4) is 0 Å². The fraction of sp³-hybridized carbons (Fsp3) is 0.250. The van der Waals surface area contributed by atoms with Crippen LogP contribution in [0.5, 0.6) is 0 Å². The van der Waals surface area contributed by atoms with Crippen LogP contribution in [0.3, 0.4) is 0 Å². The lowest BCUT2D eigenvalue weighted by Gasteiger charge is -2.14. The fourth-order valence-electron chi connectivity index (χ4n) is 2.98. The van der Waals surface area contributed by atoms with Crippen LogP contribution < -0.4 is 0 Å². The zero-order valence-corrected chi connectivity index (χ0v) is 13.5. The summed E-state index contributed by atoms with van der Waals surface area (Å²) in [4.78, 5) is 11.1. The van der Waals surface area contributed by atoms with Gasteiger partial charge in [-0.05, 0) is 42.0 Å². The molecule has 0 spiro atoms. The zero-order valence-electron chi connectivity index (χ0n) is 11.1. The first kappa shape index (κ1) is 14.5. The highest BCUT2D eigenvalue weighted by Gasteiger charge is 2.31. The van der Waals surface area contributed by atoms with Gasteiger partial charge in [-0.25, -0.2) is 0 Å². The number of nitro groups is 1. The molecule has 2 unspecified atom stereocenters. The predicted molar refractivity (Wildman–Crippen MR) is 87.1 cm³/mol. The molecule has 0 aliphatic heterocycles. The minimum atomic E-state index is -0.336. The van der Waals surface area contributed by atoms with Gasteiger partial charge in [0.05, 0.1) is 4.92 Å². The number of nitrogens with zero attached hydrogens (tertiary/aromatic N) is 1. The van der Waals surface area contributed by atoms with Crippen molar-refractivity contribution < 1.29 is 4.92 Å². The van der Waals surface area contributed by atoms with E-state index in [1.54, 1.807) is 12.1 Å². The molecule has 0 aromatic heterocycles. The molecule has 0 bridgehead atoms. The van der Waals surface area contributed by atoms with Crippen LogP contribution in [0.1, 0.15) is 21.5 Å². The first-order valence-corrected chi connectivity index (χ1v) is 8.00. The second-order valence-corrected chi connectivity index (χ2v) is 6.72. The average molecular weight is 367 g/mol. The normalized spacial score (nSPS) is 20.3. The summed E-state index contributed by atoms with van der Waals surface area (Å²) in [6.07, 6.45) is 1.57. The lowest BCUT2D eigenvalue weighted by molar-refractivity contribution is -0.385. The molecular weight excluding hydrogens is 354 g/mol. The van der Waals surface area contributed by atoms with Crippen LogP contribution in [0, 0.1) is 16.0 Å². The minimum Gasteiger partial charge on any atom is -0.258 e. The molecule has 2 aromatic carbocycles. The predicted octanol–water partition coefficient (Wildman–Crippen LogP) is 5.10. The second kappa shape index (κ2) is 5.78. The van der Waals surface area contributed by atoms with Crippen molar-refractivity contribution in [2.24, 2.45) is 5.92 Å². The third-order valence-electron chi connectivity index (χ3n) is 3.97. The fourth-order valence-corrected chi connectivity index (χ4v) is 4.00. The summed E-state index contributed by atoms with van der Waals surface area (Å²) in [6, 6.07) is 13.1. The summed E-state index contributed by atoms with van der Waals surface area (Å²) in [5.41, 5.74) is 3.45. The first-order valence-electron chi connectivity index (χ1n) is 6.71. The molecule has 3 rings (SSSR count). The Balaban J connectivity index is 1.89. The topological polar surface area (TPSA) is 43.1 Å². The van der Waals surface area contributed by atoms with Gasteiger partial charge in [0, 0.05) is 21.5 Å². The van der Waals surface area contributed by atoms with Crippen LogP contribution >= 0.6 is 27.5 Å². The van der Waals surface area contributed by atoms with Crippen LogP contribution in [0.25, 0.3) is 0 Å². The Kier molecular flexibility index (Phi) is 4.00. The van der Waals surface area contributed by atoms with Crippen LogP contribution in [0.4, 0.5) is 5.69 Å². The zero-order chi connectivity index (χ0) is 15.0. The van der Waals surface area contributed by atoms with Gasteiger partial charge >= 0.3 is 0 Å². The van der Waals surface area contributed by atoms with Gasteiger partial charge in [-0.3, -0.25) is 10.1 Å². The monoisotopic (exact) mass is 365 g/mol. The molecule has 108 valence electrons. The molecule has 21 heavy (non-hydrogen) atoms. The number of hydrogen-bond donors (Lipinski definition) is 0. The van der Waals surface area contributed by atoms with Gasteiger partial charge in [0.1, 0.15) is 0 Å². The maximum Gasteiger partial charge on any atom is 0.272 e. The smallest absolute Gasteiger partial charge is 0.258 e. The van der Waals surface area contributed by atoms with E-state index in [2.05, 4.69) is 28.1 Å². The third kappa shape index (κ3) is 2.83. The number of rotatable bonds is 3. The summed E-state index contributed by atoms with van der Waals surface area (Å²) < 4.78 is 0. The third-order valence-corrected chi connectivity index (χ3v) is 5.44. The molecule has 0 saturated heterocycles. The quantitative estimate of drug-likeness (QED) is 0.431. The van der Waals surface area contributed by atoms with Crippen molar-refractivity contribution >= 4 is 33.2 Å². The van der Waals surface area contributed by atoms with Crippen molar-refractivity contribution in [2.45, 2.75) is 17.7 Å². The van der Waals surface area contributed by atoms with Crippen LogP contribution in [0.2, 0.25) is 5.02 Å². The van der Waals surface area contributed by atoms with Crippen LogP contribution in [-0.4, -0.2) is 4.92 Å². The Bertz CT molecular complexity index is 704. The second-order valence-electron chi connectivity index (χ2n) is 5.30.